The number of benzene rings is 5. The van der Waals surface area contributed by atoms with Crippen LogP contribution in [0.2, 0.25) is 25.1 Å². The van der Waals surface area contributed by atoms with Gasteiger partial charge in [-0.1, -0.05) is 64.1 Å². The number of aromatic hydroxyl groups is 2. The SMILES string of the molecule is Cc1cc(O)c(Cl)cc1[N+](=O)[O-].Cc1cc(OCC2CC2)c(Cl)cc1N.Cc1cc(OCC2CC2)c(Cl)cc1[N+](=O)[O-].Cc1ccc(Cl)c(O)c1.Clc1cc2c(cc1OCC1CC1)C=NC2. The highest BCUT2D eigenvalue weighted by Gasteiger charge is 2.25. The van der Waals surface area contributed by atoms with E-state index in [1.165, 1.54) is 63.1 Å². The molecule has 3 saturated carbocycles. The molecule has 4 N–H and O–H groups in total. The van der Waals surface area contributed by atoms with Crippen LogP contribution >= 0.6 is 58.0 Å². The highest BCUT2D eigenvalue weighted by atomic mass is 35.5. The van der Waals surface area contributed by atoms with Crippen molar-refractivity contribution in [2.24, 2.45) is 22.7 Å². The van der Waals surface area contributed by atoms with Gasteiger partial charge in [-0.25, -0.2) is 0 Å². The van der Waals surface area contributed by atoms with E-state index in [1.54, 1.807) is 31.2 Å². The summed E-state index contributed by atoms with van der Waals surface area (Å²) in [5.41, 5.74) is 11.7. The molecule has 0 bridgehead atoms. The van der Waals surface area contributed by atoms with Gasteiger partial charge in [0.15, 0.2) is 0 Å². The van der Waals surface area contributed by atoms with E-state index in [4.69, 9.17) is 88.2 Å². The summed E-state index contributed by atoms with van der Waals surface area (Å²) in [7, 11) is 0. The third-order valence-electron chi connectivity index (χ3n) is 10.5. The summed E-state index contributed by atoms with van der Waals surface area (Å²) in [6.07, 6.45) is 9.44. The zero-order valence-corrected chi connectivity index (χ0v) is 40.6. The Labute approximate surface area is 408 Å². The summed E-state index contributed by atoms with van der Waals surface area (Å²) < 4.78 is 16.8. The minimum absolute atomic E-state index is 0.00713. The number of fused-ring (bicyclic) bond motifs is 1. The van der Waals surface area contributed by atoms with Gasteiger partial charge in [-0.3, -0.25) is 25.2 Å². The molecule has 18 heteroatoms. The van der Waals surface area contributed by atoms with Crippen LogP contribution in [0.25, 0.3) is 0 Å². The summed E-state index contributed by atoms with van der Waals surface area (Å²) >= 11 is 29.1. The minimum Gasteiger partial charge on any atom is -0.506 e. The van der Waals surface area contributed by atoms with Gasteiger partial charge >= 0.3 is 0 Å². The number of phenols is 2. The van der Waals surface area contributed by atoms with Crippen LogP contribution in [-0.2, 0) is 6.54 Å². The van der Waals surface area contributed by atoms with Crippen molar-refractivity contribution in [1.82, 2.24) is 0 Å². The van der Waals surface area contributed by atoms with Crippen molar-refractivity contribution in [1.29, 1.82) is 0 Å². The number of nitro groups is 2. The molecule has 3 aliphatic carbocycles. The Balaban J connectivity index is 0.000000157. The molecular weight excluding hydrogens is 954 g/mol. The van der Waals surface area contributed by atoms with E-state index >= 15 is 0 Å². The lowest BCUT2D eigenvalue weighted by Gasteiger charge is -2.09. The van der Waals surface area contributed by atoms with Crippen molar-refractivity contribution >= 4 is 81.3 Å². The van der Waals surface area contributed by atoms with Gasteiger partial charge in [-0.15, -0.1) is 0 Å². The van der Waals surface area contributed by atoms with Crippen molar-refractivity contribution in [3.05, 3.63) is 145 Å². The number of nitrogen functional groups attached to an aromatic ring is 1. The Hall–Kier alpha value is -5.18. The van der Waals surface area contributed by atoms with Gasteiger partial charge < -0.3 is 30.2 Å². The molecule has 3 fully saturated rings. The number of phenolic OH excluding ortho intramolecular Hbond substituents is 2. The van der Waals surface area contributed by atoms with Crippen LogP contribution in [0.1, 0.15) is 71.9 Å². The fraction of sp³-hybridized carbons (Fsp3) is 0.354. The average Bonchev–Trinajstić information content (AvgIpc) is 4.15. The van der Waals surface area contributed by atoms with E-state index in [0.717, 1.165) is 65.9 Å². The lowest BCUT2D eigenvalue weighted by atomic mass is 10.1. The molecule has 13 nitrogen and oxygen atoms in total. The number of hydrogen-bond acceptors (Lipinski definition) is 11. The lowest BCUT2D eigenvalue weighted by molar-refractivity contribution is -0.385. The Morgan fingerprint density at radius 2 is 1.03 bits per heavy atom. The van der Waals surface area contributed by atoms with Gasteiger partial charge in [0.05, 0.1) is 61.3 Å². The fourth-order valence-corrected chi connectivity index (χ4v) is 6.86. The molecule has 0 unspecified atom stereocenters. The predicted molar refractivity (Wildman–Crippen MR) is 263 cm³/mol. The number of aryl methyl sites for hydroxylation is 4. The monoisotopic (exact) mass is 1000 g/mol. The molecule has 0 spiro atoms. The number of hydrogen-bond donors (Lipinski definition) is 3. The molecule has 5 aromatic rings. The third-order valence-corrected chi connectivity index (χ3v) is 12.0. The van der Waals surface area contributed by atoms with Crippen LogP contribution in [0.5, 0.6) is 28.7 Å². The Bertz CT molecular complexity index is 2570. The summed E-state index contributed by atoms with van der Waals surface area (Å²) in [5.74, 6) is 4.23. The molecular formula is C48H51Cl5N4O9. The Kier molecular flexibility index (Phi) is 18.9. The third kappa shape index (κ3) is 16.3. The lowest BCUT2D eigenvalue weighted by Crippen LogP contribution is -2.01. The van der Waals surface area contributed by atoms with Crippen LogP contribution in [-0.4, -0.2) is 46.1 Å². The minimum atomic E-state index is -0.541. The maximum atomic E-state index is 10.7. The standard InChI is InChI=1S/C12H12ClNO.C11H12ClNO3.C11H14ClNO.C7H6ClNO3.C7H7ClO/c13-11-3-9-5-14-6-10(9)4-12(11)15-7-8-1-2-8;1-7-4-11(16-6-8-2-3-8)9(12)5-10(7)13(14)15;1-7-4-11(9(12)5-10(7)13)14-6-8-2-3-8;1-4-2-7(10)5(8)3-6(4)9(11)12;1-5-2-3-6(8)7(9)4-5/h3-4,6,8H,1-2,5,7H2;4-5,8H,2-3,6H2,1H3;4-5,8H,2-3,6,13H2,1H3;2-3,10H,1H3;2-4,9H,1H3. The van der Waals surface area contributed by atoms with Crippen LogP contribution in [0.4, 0.5) is 17.1 Å². The summed E-state index contributed by atoms with van der Waals surface area (Å²) in [4.78, 5) is 24.2. The van der Waals surface area contributed by atoms with Gasteiger partial charge in [0, 0.05) is 40.7 Å². The number of nitrogens with zero attached hydrogens (tertiary/aromatic N) is 3. The van der Waals surface area contributed by atoms with E-state index in [-0.39, 0.29) is 27.9 Å². The van der Waals surface area contributed by atoms with Gasteiger partial charge in [-0.05, 0) is 149 Å². The van der Waals surface area contributed by atoms with Gasteiger partial charge in [0.2, 0.25) is 0 Å². The molecule has 352 valence electrons. The van der Waals surface area contributed by atoms with Crippen molar-refractivity contribution in [2.45, 2.75) is 72.8 Å². The van der Waals surface area contributed by atoms with Crippen molar-refractivity contribution in [3.63, 3.8) is 0 Å². The van der Waals surface area contributed by atoms with Gasteiger partial charge in [0.25, 0.3) is 11.4 Å². The van der Waals surface area contributed by atoms with E-state index in [9.17, 15) is 20.2 Å². The molecule has 1 aliphatic heterocycles. The van der Waals surface area contributed by atoms with Gasteiger partial charge in [0.1, 0.15) is 28.7 Å². The zero-order valence-electron chi connectivity index (χ0n) is 36.8. The summed E-state index contributed by atoms with van der Waals surface area (Å²) in [5, 5.41) is 41.1. The maximum Gasteiger partial charge on any atom is 0.274 e. The second-order valence-corrected chi connectivity index (χ2v) is 18.5. The highest BCUT2D eigenvalue weighted by Crippen LogP contribution is 2.37. The fourth-order valence-electron chi connectivity index (χ4n) is 5.90. The number of ether oxygens (including phenoxy) is 3. The zero-order chi connectivity index (χ0) is 48.2. The first-order valence-corrected chi connectivity index (χ1v) is 23.0. The number of anilines is 1. The number of rotatable bonds is 11. The van der Waals surface area contributed by atoms with Crippen molar-refractivity contribution in [3.8, 4) is 28.7 Å². The summed E-state index contributed by atoms with van der Waals surface area (Å²) in [6, 6.07) is 18.1. The first-order chi connectivity index (χ1) is 31.3. The van der Waals surface area contributed by atoms with Crippen LogP contribution in [0.3, 0.4) is 0 Å². The molecule has 9 rings (SSSR count). The molecule has 66 heavy (non-hydrogen) atoms. The molecule has 5 aromatic carbocycles. The van der Waals surface area contributed by atoms with E-state index in [0.29, 0.717) is 55.2 Å². The van der Waals surface area contributed by atoms with Gasteiger partial charge in [-0.2, -0.15) is 0 Å². The Morgan fingerprint density at radius 1 is 0.591 bits per heavy atom. The molecule has 0 saturated heterocycles. The van der Waals surface area contributed by atoms with Crippen molar-refractivity contribution in [2.75, 3.05) is 25.6 Å². The second-order valence-electron chi connectivity index (χ2n) is 16.5. The number of halogens is 5. The average molecular weight is 1010 g/mol. The first-order valence-electron chi connectivity index (χ1n) is 21.1. The second kappa shape index (κ2) is 24.0. The number of nitrogens with two attached hydrogens (primary N) is 1. The van der Waals surface area contributed by atoms with E-state index in [1.807, 2.05) is 44.3 Å². The topological polar surface area (TPSA) is 193 Å². The quantitative estimate of drug-likeness (QED) is 0.0651. The highest BCUT2D eigenvalue weighted by molar-refractivity contribution is 6.33. The van der Waals surface area contributed by atoms with Crippen LogP contribution in [0.15, 0.2) is 71.7 Å². The Morgan fingerprint density at radius 3 is 1.52 bits per heavy atom. The maximum absolute atomic E-state index is 10.7. The van der Waals surface area contributed by atoms with Crippen LogP contribution in [0, 0.1) is 65.7 Å². The first kappa shape index (κ1) is 51.8. The number of aliphatic imine (C=N–C) groups is 1. The molecule has 4 aliphatic rings. The van der Waals surface area contributed by atoms with E-state index < -0.39 is 9.85 Å². The molecule has 0 aromatic heterocycles. The van der Waals surface area contributed by atoms with Crippen LogP contribution < -0.4 is 19.9 Å². The normalized spacial score (nSPS) is 14.1. The largest absolute Gasteiger partial charge is 0.506 e. The molecule has 0 amide bonds. The molecule has 1 heterocycles. The van der Waals surface area contributed by atoms with E-state index in [2.05, 4.69) is 4.99 Å². The van der Waals surface area contributed by atoms with Crippen molar-refractivity contribution < 1.29 is 34.3 Å². The predicted octanol–water partition coefficient (Wildman–Crippen LogP) is 14.0. The molecule has 0 radical (unpaired) electrons. The molecule has 0 atom stereocenters. The smallest absolute Gasteiger partial charge is 0.274 e. The summed E-state index contributed by atoms with van der Waals surface area (Å²) in [6.45, 7) is 10.0. The number of nitro benzene ring substituents is 2.